The Bertz CT molecular complexity index is 7910. The summed E-state index contributed by atoms with van der Waals surface area (Å²) in [5, 5.41) is 13.1. The molecule has 0 aliphatic heterocycles. The van der Waals surface area contributed by atoms with Gasteiger partial charge in [-0.15, -0.1) is 72.8 Å². The molecule has 669 valence electrons. The van der Waals surface area contributed by atoms with Crippen molar-refractivity contribution in [1.29, 1.82) is 0 Å². The number of benzene rings is 21. The van der Waals surface area contributed by atoms with E-state index < -0.39 is 0 Å². The van der Waals surface area contributed by atoms with E-state index in [0.29, 0.717) is 17.5 Å². The maximum absolute atomic E-state index is 5.30. The molecule has 0 spiro atoms. The van der Waals surface area contributed by atoms with Gasteiger partial charge in [-0.3, -0.25) is 29.9 Å². The average Bonchev–Trinajstić information content (AvgIpc) is 0.723. The molecule has 0 amide bonds. The Hall–Kier alpha value is -18.5. The van der Waals surface area contributed by atoms with Gasteiger partial charge in [0.05, 0.1) is 84.7 Å². The van der Waals surface area contributed by atoms with E-state index in [4.69, 9.17) is 44.9 Å². The quantitative estimate of drug-likeness (QED) is 0.0600. The third kappa shape index (κ3) is 16.0. The molecule has 27 rings (SSSR count). The van der Waals surface area contributed by atoms with Crippen LogP contribution in [-0.4, -0.2) is 44.9 Å². The van der Waals surface area contributed by atoms with Gasteiger partial charge < -0.3 is 14.7 Å². The molecule has 13 heteroatoms. The molecular weight excluding hydrogens is 1910 g/mol. The maximum atomic E-state index is 5.30. The Balaban J connectivity index is 0.000000115. The summed E-state index contributed by atoms with van der Waals surface area (Å²) in [6.07, 6.45) is 0. The minimum Gasteiger partial charge on any atom is -0.352 e. The van der Waals surface area contributed by atoms with Crippen LogP contribution < -0.4 is 14.7 Å². The topological polar surface area (TPSA) is 126 Å². The summed E-state index contributed by atoms with van der Waals surface area (Å²) in [7, 11) is 0. The van der Waals surface area contributed by atoms with Crippen LogP contribution in [0.15, 0.2) is 491 Å². The molecule has 1 radical (unpaired) electrons. The zero-order chi connectivity index (χ0) is 93.5. The second-order valence-corrected chi connectivity index (χ2v) is 34.6. The fourth-order valence-electron chi connectivity index (χ4n) is 19.9. The molecule has 0 aliphatic rings. The minimum absolute atomic E-state index is 0. The van der Waals surface area contributed by atoms with Crippen molar-refractivity contribution in [2.24, 2.45) is 0 Å². The van der Waals surface area contributed by atoms with Crippen molar-refractivity contribution >= 4 is 149 Å². The van der Waals surface area contributed by atoms with Crippen molar-refractivity contribution in [2.45, 2.75) is 0 Å². The van der Waals surface area contributed by atoms with Gasteiger partial charge in [0, 0.05) is 152 Å². The normalized spacial score (nSPS) is 11.3. The van der Waals surface area contributed by atoms with E-state index in [-0.39, 0.29) is 20.1 Å². The molecule has 0 saturated heterocycles. The fourth-order valence-corrected chi connectivity index (χ4v) is 19.9. The Morgan fingerprint density at radius 1 is 0.148 bits per heavy atom. The molecule has 6 aromatic heterocycles. The Kier molecular flexibility index (Phi) is 23.0. The monoisotopic (exact) mass is 1990 g/mol. The van der Waals surface area contributed by atoms with Gasteiger partial charge in [-0.2, -0.15) is 0 Å². The predicted octanol–water partition coefficient (Wildman–Crippen LogP) is 33.1. The number of anilines is 9. The van der Waals surface area contributed by atoms with Crippen molar-refractivity contribution < 1.29 is 20.1 Å². The molecule has 0 fully saturated rings. The average molecular weight is 1990 g/mol. The smallest absolute Gasteiger partial charge is 0.0788 e. The zero-order valence-corrected chi connectivity index (χ0v) is 78.9. The van der Waals surface area contributed by atoms with E-state index in [2.05, 4.69) is 415 Å². The second kappa shape index (κ2) is 37.9. The number of pyridine rings is 3. The van der Waals surface area contributed by atoms with E-state index >= 15 is 0 Å². The number of hydrogen-bond donors (Lipinski definition) is 0. The summed E-state index contributed by atoms with van der Waals surface area (Å²) < 4.78 is 0. The van der Waals surface area contributed by atoms with Crippen molar-refractivity contribution in [3.63, 3.8) is 0 Å². The summed E-state index contributed by atoms with van der Waals surface area (Å²) in [4.78, 5) is 54.1. The van der Waals surface area contributed by atoms with Gasteiger partial charge in [0.2, 0.25) is 0 Å². The summed E-state index contributed by atoms with van der Waals surface area (Å²) >= 11 is 0. The van der Waals surface area contributed by atoms with Gasteiger partial charge in [-0.05, 0) is 126 Å². The van der Waals surface area contributed by atoms with E-state index in [1.54, 1.807) is 0 Å². The van der Waals surface area contributed by atoms with E-state index in [0.717, 1.165) is 233 Å². The Morgan fingerprint density at radius 3 is 0.479 bits per heavy atom. The first-order valence-corrected chi connectivity index (χ1v) is 47.2. The molecule has 6 heterocycles. The number of aromatic nitrogens is 9. The van der Waals surface area contributed by atoms with Gasteiger partial charge in [-0.1, -0.05) is 344 Å². The first-order valence-electron chi connectivity index (χ1n) is 47.2. The van der Waals surface area contributed by atoms with Crippen LogP contribution in [0.25, 0.3) is 199 Å². The SMILES string of the molecule is [Ir].[c-]1cccc(N(c2ccccc2)c2ccccc2)c1-c1nc2ccc3c(-c4ccccc4)nc(-c4ccccc4)c4ccc(n1)c2c34.[c-]1cccc(N(c2ccccc2)c2ccccc2)c1-c1nc2ccc3c(-c4ccccc4)nc(-c4ccccc4)c4ccc(n1)c2c34.[c-]1cccc(N(c2ccccc2)c2ccccc2)c1-c1nc2ccc3c(-c4ccccc4)nc(-c4ccccc4)c4ccc(n1)c2c34. The molecule has 0 N–H and O–H groups in total. The predicted molar refractivity (Wildman–Crippen MR) is 580 cm³/mol. The van der Waals surface area contributed by atoms with Crippen molar-refractivity contribution in [1.82, 2.24) is 44.9 Å². The van der Waals surface area contributed by atoms with Crippen LogP contribution >= 0.6 is 0 Å². The zero-order valence-electron chi connectivity index (χ0n) is 76.5. The summed E-state index contributed by atoms with van der Waals surface area (Å²) in [6.45, 7) is 0. The standard InChI is InChI=1S/3C43H27N4.Ir/c3*1-5-15-29(16-6-1)41-34-25-27-36-40-37(28-26-35(39(34)40)42(46-41)30-17-7-2-8-18-30)45-43(44-36)33-23-13-14-24-38(33)47(31-19-9-3-10-20-31)32-21-11-4-12-22-32;/h3*1-22,24-28H;/q3*-1;. The summed E-state index contributed by atoms with van der Waals surface area (Å²) in [5.74, 6) is 1.90. The molecule has 0 saturated carbocycles. The molecule has 0 atom stereocenters. The van der Waals surface area contributed by atoms with Crippen molar-refractivity contribution in [3.8, 4) is 102 Å². The third-order valence-corrected chi connectivity index (χ3v) is 26.2. The van der Waals surface area contributed by atoms with Crippen LogP contribution in [0.1, 0.15) is 0 Å². The Labute approximate surface area is 833 Å². The van der Waals surface area contributed by atoms with Crippen LogP contribution in [0.4, 0.5) is 51.2 Å². The summed E-state index contributed by atoms with van der Waals surface area (Å²) in [6, 6.07) is 179. The number of rotatable bonds is 18. The van der Waals surface area contributed by atoms with Crippen molar-refractivity contribution in [2.75, 3.05) is 14.7 Å². The van der Waals surface area contributed by atoms with Crippen LogP contribution in [0.3, 0.4) is 0 Å². The first kappa shape index (κ1) is 86.3. The molecular formula is C129H81IrN12-3. The van der Waals surface area contributed by atoms with E-state index in [1.807, 2.05) is 109 Å². The molecule has 12 nitrogen and oxygen atoms in total. The largest absolute Gasteiger partial charge is 0.352 e. The molecule has 27 aromatic rings. The number of para-hydroxylation sites is 6. The molecule has 0 aliphatic carbocycles. The van der Waals surface area contributed by atoms with E-state index in [9.17, 15) is 0 Å². The number of hydrogen-bond acceptors (Lipinski definition) is 12. The van der Waals surface area contributed by atoms with Crippen LogP contribution in [0.2, 0.25) is 0 Å². The van der Waals surface area contributed by atoms with Gasteiger partial charge in [0.1, 0.15) is 0 Å². The first-order chi connectivity index (χ1) is 70.0. The number of nitrogens with zero attached hydrogens (tertiary/aromatic N) is 12. The van der Waals surface area contributed by atoms with Gasteiger partial charge >= 0.3 is 0 Å². The second-order valence-electron chi connectivity index (χ2n) is 34.6. The molecule has 0 bridgehead atoms. The van der Waals surface area contributed by atoms with Gasteiger partial charge in [0.25, 0.3) is 0 Å². The summed E-state index contributed by atoms with van der Waals surface area (Å²) in [5.41, 5.74) is 29.2. The van der Waals surface area contributed by atoms with Crippen LogP contribution in [0.5, 0.6) is 0 Å². The fraction of sp³-hybridized carbons (Fsp3) is 0. The van der Waals surface area contributed by atoms with Crippen molar-refractivity contribution in [3.05, 3.63) is 510 Å². The molecule has 21 aromatic carbocycles. The minimum atomic E-state index is 0. The molecule has 142 heavy (non-hydrogen) atoms. The van der Waals surface area contributed by atoms with Crippen LogP contribution in [0, 0.1) is 18.2 Å². The van der Waals surface area contributed by atoms with Gasteiger partial charge in [0.15, 0.2) is 0 Å². The van der Waals surface area contributed by atoms with E-state index in [1.165, 1.54) is 0 Å². The Morgan fingerprint density at radius 2 is 0.310 bits per heavy atom. The third-order valence-electron chi connectivity index (χ3n) is 26.2. The van der Waals surface area contributed by atoms with Crippen LogP contribution in [-0.2, 0) is 20.1 Å². The molecule has 0 unspecified atom stereocenters. The van der Waals surface area contributed by atoms with Gasteiger partial charge in [-0.25, -0.2) is 15.0 Å². The maximum Gasteiger partial charge on any atom is 0.0788 e.